The van der Waals surface area contributed by atoms with E-state index in [1.165, 1.54) is 0 Å². The first kappa shape index (κ1) is 17.3. The van der Waals surface area contributed by atoms with Crippen molar-refractivity contribution in [1.29, 1.82) is 0 Å². The second-order valence-corrected chi connectivity index (χ2v) is 8.88. The Bertz CT molecular complexity index is 514. The van der Waals surface area contributed by atoms with Crippen molar-refractivity contribution in [2.45, 2.75) is 63.7 Å². The number of aromatic nitrogens is 1. The van der Waals surface area contributed by atoms with E-state index < -0.39 is 4.75 Å². The third kappa shape index (κ3) is 4.49. The molecule has 0 saturated carbocycles. The average Bonchev–Trinajstić information content (AvgIpc) is 3.06. The maximum atomic E-state index is 12.4. The molecular formula is C16H26N2O3S. The quantitative estimate of drug-likeness (QED) is 0.895. The van der Waals surface area contributed by atoms with E-state index in [0.717, 1.165) is 30.9 Å². The van der Waals surface area contributed by atoms with E-state index in [4.69, 9.17) is 9.26 Å². The summed E-state index contributed by atoms with van der Waals surface area (Å²) in [5.41, 5.74) is 0.726. The maximum Gasteiger partial charge on any atom is 0.242 e. The van der Waals surface area contributed by atoms with Crippen LogP contribution in [0.15, 0.2) is 10.6 Å². The minimum atomic E-state index is -0.541. The predicted molar refractivity (Wildman–Crippen MR) is 89.3 cm³/mol. The summed E-state index contributed by atoms with van der Waals surface area (Å²) >= 11 is 1.62. The van der Waals surface area contributed by atoms with Gasteiger partial charge in [0.2, 0.25) is 11.8 Å². The van der Waals surface area contributed by atoms with Crippen LogP contribution in [0.25, 0.3) is 0 Å². The molecule has 6 heteroatoms. The van der Waals surface area contributed by atoms with Crippen LogP contribution in [0.4, 0.5) is 5.88 Å². The molecule has 124 valence electrons. The van der Waals surface area contributed by atoms with Gasteiger partial charge in [-0.1, -0.05) is 25.9 Å². The summed E-state index contributed by atoms with van der Waals surface area (Å²) in [7, 11) is 0. The Morgan fingerprint density at radius 3 is 2.68 bits per heavy atom. The molecule has 1 aliphatic heterocycles. The van der Waals surface area contributed by atoms with Gasteiger partial charge in [-0.15, -0.1) is 11.8 Å². The SMILES string of the molecule is CC(C)(SCC1CCCO1)C(=O)Nc1cc(C(C)(C)C)no1. The Hall–Kier alpha value is -1.01. The lowest BCUT2D eigenvalue weighted by atomic mass is 9.92. The number of rotatable bonds is 5. The molecule has 1 aromatic heterocycles. The van der Waals surface area contributed by atoms with E-state index in [-0.39, 0.29) is 17.4 Å². The molecule has 22 heavy (non-hydrogen) atoms. The second-order valence-electron chi connectivity index (χ2n) is 7.24. The topological polar surface area (TPSA) is 64.4 Å². The van der Waals surface area contributed by atoms with Crippen molar-refractivity contribution in [3.05, 3.63) is 11.8 Å². The highest BCUT2D eigenvalue weighted by molar-refractivity contribution is 8.01. The zero-order valence-electron chi connectivity index (χ0n) is 14.1. The van der Waals surface area contributed by atoms with Crippen molar-refractivity contribution < 1.29 is 14.1 Å². The van der Waals surface area contributed by atoms with Crippen LogP contribution in [0.3, 0.4) is 0 Å². The molecule has 1 saturated heterocycles. The number of nitrogens with zero attached hydrogens (tertiary/aromatic N) is 1. The van der Waals surface area contributed by atoms with Gasteiger partial charge in [0.15, 0.2) is 0 Å². The van der Waals surface area contributed by atoms with Crippen LogP contribution >= 0.6 is 11.8 Å². The summed E-state index contributed by atoms with van der Waals surface area (Å²) in [6, 6.07) is 1.79. The minimum Gasteiger partial charge on any atom is -0.377 e. The normalized spacial score (nSPS) is 19.4. The van der Waals surface area contributed by atoms with Crippen LogP contribution in [0.2, 0.25) is 0 Å². The van der Waals surface area contributed by atoms with E-state index in [2.05, 4.69) is 31.2 Å². The monoisotopic (exact) mass is 326 g/mol. The summed E-state index contributed by atoms with van der Waals surface area (Å²) in [4.78, 5) is 12.4. The van der Waals surface area contributed by atoms with Crippen molar-refractivity contribution in [3.8, 4) is 0 Å². The molecule has 1 amide bonds. The van der Waals surface area contributed by atoms with Crippen LogP contribution in [0.1, 0.15) is 53.2 Å². The fraction of sp³-hybridized carbons (Fsp3) is 0.750. The summed E-state index contributed by atoms with van der Waals surface area (Å²) in [6.07, 6.45) is 2.47. The van der Waals surface area contributed by atoms with E-state index in [1.54, 1.807) is 17.8 Å². The first-order valence-corrected chi connectivity index (χ1v) is 8.71. The van der Waals surface area contributed by atoms with E-state index in [1.807, 2.05) is 13.8 Å². The summed E-state index contributed by atoms with van der Waals surface area (Å²) < 4.78 is 10.3. The minimum absolute atomic E-state index is 0.0768. The number of amides is 1. The van der Waals surface area contributed by atoms with Gasteiger partial charge in [0.1, 0.15) is 0 Å². The van der Waals surface area contributed by atoms with Crippen LogP contribution < -0.4 is 5.32 Å². The van der Waals surface area contributed by atoms with Crippen molar-refractivity contribution in [2.24, 2.45) is 0 Å². The summed E-state index contributed by atoms with van der Waals surface area (Å²) in [5.74, 6) is 1.16. The van der Waals surface area contributed by atoms with Crippen LogP contribution in [0, 0.1) is 0 Å². The number of carbonyl (C=O) groups excluding carboxylic acids is 1. The zero-order chi connectivity index (χ0) is 16.4. The molecule has 1 aliphatic rings. The Balaban J connectivity index is 1.90. The number of hydrogen-bond donors (Lipinski definition) is 1. The van der Waals surface area contributed by atoms with Gasteiger partial charge in [-0.3, -0.25) is 10.1 Å². The van der Waals surface area contributed by atoms with Crippen LogP contribution in [0.5, 0.6) is 0 Å². The molecule has 0 radical (unpaired) electrons. The summed E-state index contributed by atoms with van der Waals surface area (Å²) in [5, 5.41) is 6.84. The van der Waals surface area contributed by atoms with Crippen LogP contribution in [-0.2, 0) is 14.9 Å². The van der Waals surface area contributed by atoms with Gasteiger partial charge in [-0.25, -0.2) is 0 Å². The van der Waals surface area contributed by atoms with Gasteiger partial charge >= 0.3 is 0 Å². The van der Waals surface area contributed by atoms with Crippen molar-refractivity contribution in [3.63, 3.8) is 0 Å². The van der Waals surface area contributed by atoms with E-state index in [9.17, 15) is 4.79 Å². The van der Waals surface area contributed by atoms with Gasteiger partial charge in [0.05, 0.1) is 16.5 Å². The number of carbonyl (C=O) groups is 1. The number of ether oxygens (including phenoxy) is 1. The molecule has 0 spiro atoms. The molecule has 0 bridgehead atoms. The fourth-order valence-corrected chi connectivity index (χ4v) is 3.14. The van der Waals surface area contributed by atoms with E-state index >= 15 is 0 Å². The Labute approximate surface area is 136 Å². The maximum absolute atomic E-state index is 12.4. The van der Waals surface area contributed by atoms with Gasteiger partial charge in [-0.05, 0) is 26.7 Å². The standard InChI is InChI=1S/C16H26N2O3S/c1-15(2,3)12-9-13(21-18-12)17-14(19)16(4,5)22-10-11-7-6-8-20-11/h9,11H,6-8,10H2,1-5H3,(H,17,19). The van der Waals surface area contributed by atoms with Gasteiger partial charge < -0.3 is 9.26 Å². The average molecular weight is 326 g/mol. The van der Waals surface area contributed by atoms with Gasteiger partial charge in [0.25, 0.3) is 0 Å². The Kier molecular flexibility index (Phi) is 5.22. The highest BCUT2D eigenvalue weighted by atomic mass is 32.2. The lowest BCUT2D eigenvalue weighted by Gasteiger charge is -2.23. The molecule has 1 unspecified atom stereocenters. The molecule has 0 aliphatic carbocycles. The second kappa shape index (κ2) is 6.62. The van der Waals surface area contributed by atoms with Gasteiger partial charge in [0, 0.05) is 23.8 Å². The van der Waals surface area contributed by atoms with Gasteiger partial charge in [-0.2, -0.15) is 0 Å². The molecule has 0 aromatic carbocycles. The zero-order valence-corrected chi connectivity index (χ0v) is 14.9. The highest BCUT2D eigenvalue weighted by Crippen LogP contribution is 2.30. The largest absolute Gasteiger partial charge is 0.377 e. The number of nitrogens with one attached hydrogen (secondary N) is 1. The summed E-state index contributed by atoms with van der Waals surface area (Å²) in [6.45, 7) is 10.8. The van der Waals surface area contributed by atoms with Crippen molar-refractivity contribution in [1.82, 2.24) is 5.16 Å². The lowest BCUT2D eigenvalue weighted by molar-refractivity contribution is -0.117. The molecule has 2 rings (SSSR count). The predicted octanol–water partition coefficient (Wildman–Crippen LogP) is 3.60. The molecule has 1 atom stereocenters. The fourth-order valence-electron chi connectivity index (χ4n) is 2.09. The van der Waals surface area contributed by atoms with E-state index in [0.29, 0.717) is 5.88 Å². The first-order chi connectivity index (χ1) is 10.2. The molecular weight excluding hydrogens is 300 g/mol. The smallest absolute Gasteiger partial charge is 0.242 e. The van der Waals surface area contributed by atoms with Crippen LogP contribution in [-0.4, -0.2) is 34.3 Å². The Morgan fingerprint density at radius 1 is 1.41 bits per heavy atom. The number of anilines is 1. The first-order valence-electron chi connectivity index (χ1n) is 7.73. The molecule has 5 nitrogen and oxygen atoms in total. The van der Waals surface area contributed by atoms with Crippen molar-refractivity contribution in [2.75, 3.05) is 17.7 Å². The molecule has 1 N–H and O–H groups in total. The third-order valence-corrected chi connectivity index (χ3v) is 5.16. The molecule has 1 fully saturated rings. The molecule has 2 heterocycles. The molecule has 1 aromatic rings. The Morgan fingerprint density at radius 2 is 2.14 bits per heavy atom. The number of hydrogen-bond acceptors (Lipinski definition) is 5. The number of thioether (sulfide) groups is 1. The third-order valence-electron chi connectivity index (χ3n) is 3.72. The lowest BCUT2D eigenvalue weighted by Crippen LogP contribution is -2.35. The van der Waals surface area contributed by atoms with Crippen molar-refractivity contribution >= 4 is 23.6 Å². The highest BCUT2D eigenvalue weighted by Gasteiger charge is 2.31.